The van der Waals surface area contributed by atoms with Gasteiger partial charge in [0.1, 0.15) is 12.7 Å². The van der Waals surface area contributed by atoms with Crippen LogP contribution in [0.25, 0.3) is 0 Å². The molecule has 1 aliphatic rings. The lowest BCUT2D eigenvalue weighted by Crippen LogP contribution is -2.42. The van der Waals surface area contributed by atoms with Gasteiger partial charge in [-0.15, -0.1) is 0 Å². The molecule has 1 unspecified atom stereocenters. The molecule has 1 aromatic heterocycles. The monoisotopic (exact) mass is 242 g/mol. The predicted octanol–water partition coefficient (Wildman–Crippen LogP) is 1.44. The molecule has 88 valence electrons. The van der Waals surface area contributed by atoms with Gasteiger partial charge >= 0.3 is 0 Å². The summed E-state index contributed by atoms with van der Waals surface area (Å²) in [7, 11) is 2.08. The molecule has 4 nitrogen and oxygen atoms in total. The first kappa shape index (κ1) is 11.6. The van der Waals surface area contributed by atoms with E-state index in [-0.39, 0.29) is 6.10 Å². The second-order valence-corrected chi connectivity index (χ2v) is 4.22. The minimum atomic E-state index is 0.107. The molecule has 0 bridgehead atoms. The fourth-order valence-corrected chi connectivity index (χ4v) is 1.80. The predicted molar refractivity (Wildman–Crippen MR) is 62.0 cm³/mol. The molecule has 0 aliphatic carbocycles. The number of nitrogens with zero attached hydrogens (tertiary/aromatic N) is 2. The normalized spacial score (nSPS) is 22.0. The van der Waals surface area contributed by atoms with Gasteiger partial charge in [0.15, 0.2) is 10.9 Å². The van der Waals surface area contributed by atoms with Crippen LogP contribution < -0.4 is 4.74 Å². The van der Waals surface area contributed by atoms with Crippen LogP contribution in [0.2, 0.25) is 5.15 Å². The quantitative estimate of drug-likeness (QED) is 0.752. The zero-order chi connectivity index (χ0) is 11.4. The molecule has 2 heterocycles. The average Bonchev–Trinajstić information content (AvgIpc) is 2.28. The summed E-state index contributed by atoms with van der Waals surface area (Å²) in [6.45, 7) is 3.13. The molecule has 1 aromatic rings. The molecule has 16 heavy (non-hydrogen) atoms. The molecule has 0 N–H and O–H groups in total. The molecule has 0 radical (unpaired) electrons. The van der Waals surface area contributed by atoms with E-state index in [0.29, 0.717) is 17.5 Å². The van der Waals surface area contributed by atoms with Crippen molar-refractivity contribution >= 4 is 11.6 Å². The highest BCUT2D eigenvalue weighted by atomic mass is 35.5. The van der Waals surface area contributed by atoms with E-state index in [4.69, 9.17) is 21.1 Å². The molecule has 0 aromatic carbocycles. The van der Waals surface area contributed by atoms with Gasteiger partial charge in [-0.3, -0.25) is 0 Å². The van der Waals surface area contributed by atoms with E-state index in [1.807, 2.05) is 6.07 Å². The number of pyridine rings is 1. The van der Waals surface area contributed by atoms with Crippen LogP contribution in [0.3, 0.4) is 0 Å². The lowest BCUT2D eigenvalue weighted by molar-refractivity contribution is -0.0403. The lowest BCUT2D eigenvalue weighted by atomic mass is 10.3. The Labute approximate surface area is 100 Å². The minimum absolute atomic E-state index is 0.107. The SMILES string of the molecule is CN1CCOC(COc2cccnc2Cl)C1. The Bertz CT molecular complexity index is 349. The Morgan fingerprint density at radius 3 is 3.31 bits per heavy atom. The summed E-state index contributed by atoms with van der Waals surface area (Å²) >= 11 is 5.88. The van der Waals surface area contributed by atoms with Gasteiger partial charge in [0.2, 0.25) is 0 Å². The Morgan fingerprint density at radius 2 is 2.56 bits per heavy atom. The maximum Gasteiger partial charge on any atom is 0.171 e. The Hall–Kier alpha value is -0.840. The fraction of sp³-hybridized carbons (Fsp3) is 0.545. The van der Waals surface area contributed by atoms with Crippen molar-refractivity contribution in [2.75, 3.05) is 33.4 Å². The molecule has 1 saturated heterocycles. The van der Waals surface area contributed by atoms with Gasteiger partial charge in [0.25, 0.3) is 0 Å². The minimum Gasteiger partial charge on any atom is -0.488 e. The number of hydrogen-bond donors (Lipinski definition) is 0. The summed E-state index contributed by atoms with van der Waals surface area (Å²) in [6.07, 6.45) is 1.75. The number of likely N-dealkylation sites (N-methyl/N-ethyl adjacent to an activating group) is 1. The van der Waals surface area contributed by atoms with Crippen LogP contribution >= 0.6 is 11.6 Å². The number of morpholine rings is 1. The summed E-state index contributed by atoms with van der Waals surface area (Å²) in [5, 5.41) is 0.395. The first-order valence-electron chi connectivity index (χ1n) is 5.29. The van der Waals surface area contributed by atoms with Crippen molar-refractivity contribution in [3.8, 4) is 5.75 Å². The Balaban J connectivity index is 1.85. The highest BCUT2D eigenvalue weighted by molar-refractivity contribution is 6.30. The zero-order valence-electron chi connectivity index (χ0n) is 9.23. The topological polar surface area (TPSA) is 34.6 Å². The van der Waals surface area contributed by atoms with E-state index in [2.05, 4.69) is 16.9 Å². The fourth-order valence-electron chi connectivity index (χ4n) is 1.63. The van der Waals surface area contributed by atoms with Crippen molar-refractivity contribution in [1.82, 2.24) is 9.88 Å². The van der Waals surface area contributed by atoms with E-state index < -0.39 is 0 Å². The van der Waals surface area contributed by atoms with Gasteiger partial charge in [-0.2, -0.15) is 0 Å². The molecule has 0 amide bonds. The second kappa shape index (κ2) is 5.48. The number of ether oxygens (including phenoxy) is 2. The smallest absolute Gasteiger partial charge is 0.171 e. The maximum atomic E-state index is 5.88. The van der Waals surface area contributed by atoms with E-state index in [0.717, 1.165) is 19.7 Å². The third kappa shape index (κ3) is 3.07. The second-order valence-electron chi connectivity index (χ2n) is 3.86. The highest BCUT2D eigenvalue weighted by Crippen LogP contribution is 2.20. The third-order valence-electron chi connectivity index (χ3n) is 2.49. The van der Waals surface area contributed by atoms with Crippen molar-refractivity contribution in [1.29, 1.82) is 0 Å². The van der Waals surface area contributed by atoms with Crippen LogP contribution in [-0.4, -0.2) is 49.3 Å². The van der Waals surface area contributed by atoms with Crippen molar-refractivity contribution in [3.63, 3.8) is 0 Å². The molecule has 1 aliphatic heterocycles. The summed E-state index contributed by atoms with van der Waals surface area (Å²) in [5.74, 6) is 0.612. The van der Waals surface area contributed by atoms with E-state index in [1.54, 1.807) is 12.3 Å². The van der Waals surface area contributed by atoms with Crippen LogP contribution in [0.4, 0.5) is 0 Å². The van der Waals surface area contributed by atoms with E-state index in [1.165, 1.54) is 0 Å². The molecular weight excluding hydrogens is 228 g/mol. The molecular formula is C11H15ClN2O2. The summed E-state index contributed by atoms with van der Waals surface area (Å²) in [5.41, 5.74) is 0. The van der Waals surface area contributed by atoms with E-state index in [9.17, 15) is 0 Å². The number of rotatable bonds is 3. The molecule has 5 heteroatoms. The van der Waals surface area contributed by atoms with Gasteiger partial charge in [0.05, 0.1) is 6.61 Å². The van der Waals surface area contributed by atoms with Crippen LogP contribution in [0.15, 0.2) is 18.3 Å². The number of halogens is 1. The molecule has 2 rings (SSSR count). The number of hydrogen-bond acceptors (Lipinski definition) is 4. The Morgan fingerprint density at radius 1 is 1.69 bits per heavy atom. The molecule has 1 fully saturated rings. The zero-order valence-corrected chi connectivity index (χ0v) is 9.98. The first-order valence-corrected chi connectivity index (χ1v) is 5.67. The average molecular weight is 243 g/mol. The van der Waals surface area contributed by atoms with Crippen LogP contribution in [-0.2, 0) is 4.74 Å². The number of aromatic nitrogens is 1. The van der Waals surface area contributed by atoms with Crippen LogP contribution in [0.5, 0.6) is 5.75 Å². The van der Waals surface area contributed by atoms with E-state index >= 15 is 0 Å². The van der Waals surface area contributed by atoms with Crippen molar-refractivity contribution in [3.05, 3.63) is 23.5 Å². The summed E-state index contributed by atoms with van der Waals surface area (Å²) < 4.78 is 11.2. The lowest BCUT2D eigenvalue weighted by Gasteiger charge is -2.29. The molecule has 0 saturated carbocycles. The van der Waals surface area contributed by atoms with Crippen LogP contribution in [0, 0.1) is 0 Å². The first-order chi connectivity index (χ1) is 7.75. The van der Waals surface area contributed by atoms with Gasteiger partial charge in [0, 0.05) is 19.3 Å². The van der Waals surface area contributed by atoms with Crippen molar-refractivity contribution < 1.29 is 9.47 Å². The van der Waals surface area contributed by atoms with Gasteiger partial charge in [-0.05, 0) is 19.2 Å². The standard InChI is InChI=1S/C11H15ClN2O2/c1-14-5-6-15-9(7-14)8-16-10-3-2-4-13-11(10)12/h2-4,9H,5-8H2,1H3. The molecule has 0 spiro atoms. The highest BCUT2D eigenvalue weighted by Gasteiger charge is 2.18. The van der Waals surface area contributed by atoms with Gasteiger partial charge in [-0.25, -0.2) is 4.98 Å². The van der Waals surface area contributed by atoms with Crippen LogP contribution in [0.1, 0.15) is 0 Å². The van der Waals surface area contributed by atoms with Crippen molar-refractivity contribution in [2.24, 2.45) is 0 Å². The Kier molecular flexibility index (Phi) is 3.98. The van der Waals surface area contributed by atoms with Gasteiger partial charge in [-0.1, -0.05) is 11.6 Å². The molecule has 1 atom stereocenters. The van der Waals surface area contributed by atoms with Gasteiger partial charge < -0.3 is 14.4 Å². The van der Waals surface area contributed by atoms with Crippen molar-refractivity contribution in [2.45, 2.75) is 6.10 Å². The summed E-state index contributed by atoms with van der Waals surface area (Å²) in [4.78, 5) is 6.17. The largest absolute Gasteiger partial charge is 0.488 e. The maximum absolute atomic E-state index is 5.88. The third-order valence-corrected chi connectivity index (χ3v) is 2.78. The summed E-state index contributed by atoms with van der Waals surface area (Å²) in [6, 6.07) is 3.61.